The summed E-state index contributed by atoms with van der Waals surface area (Å²) in [4.78, 5) is 17.6. The van der Waals surface area contributed by atoms with Gasteiger partial charge in [0, 0.05) is 46.4 Å². The molecule has 0 spiro atoms. The van der Waals surface area contributed by atoms with E-state index in [1.807, 2.05) is 24.3 Å². The number of guanidine groups is 1. The molecular weight excluding hydrogens is 304 g/mol. The Morgan fingerprint density at radius 1 is 1.17 bits per heavy atom. The molecule has 0 aliphatic rings. The van der Waals surface area contributed by atoms with Crippen LogP contribution in [-0.4, -0.2) is 57.7 Å². The summed E-state index contributed by atoms with van der Waals surface area (Å²) in [6.07, 6.45) is 2.24. The van der Waals surface area contributed by atoms with E-state index in [-0.39, 0.29) is 5.91 Å². The number of carbonyl (C=O) groups is 1. The lowest BCUT2D eigenvalue weighted by Gasteiger charge is -2.13. The van der Waals surface area contributed by atoms with Crippen LogP contribution in [0.2, 0.25) is 0 Å². The van der Waals surface area contributed by atoms with Gasteiger partial charge in [-0.15, -0.1) is 0 Å². The molecule has 0 radical (unpaired) electrons. The molecular formula is C18H30N4O2. The van der Waals surface area contributed by atoms with Gasteiger partial charge in [-0.3, -0.25) is 9.79 Å². The Bertz CT molecular complexity index is 512. The smallest absolute Gasteiger partial charge is 0.253 e. The molecule has 1 aromatic carbocycles. The van der Waals surface area contributed by atoms with Gasteiger partial charge < -0.3 is 20.3 Å². The van der Waals surface area contributed by atoms with E-state index in [4.69, 9.17) is 4.74 Å². The van der Waals surface area contributed by atoms with E-state index in [0.29, 0.717) is 18.7 Å². The third kappa shape index (κ3) is 7.46. The van der Waals surface area contributed by atoms with Crippen LogP contribution >= 0.6 is 0 Å². The fourth-order valence-electron chi connectivity index (χ4n) is 2.02. The Labute approximate surface area is 145 Å². The number of hydrogen-bond donors (Lipinski definition) is 2. The number of hydrogen-bond acceptors (Lipinski definition) is 3. The first-order chi connectivity index (χ1) is 11.6. The van der Waals surface area contributed by atoms with Gasteiger partial charge in [-0.25, -0.2) is 0 Å². The predicted octanol–water partition coefficient (Wildman–Crippen LogP) is 1.87. The fourth-order valence-corrected chi connectivity index (χ4v) is 2.02. The number of benzene rings is 1. The summed E-state index contributed by atoms with van der Waals surface area (Å²) < 4.78 is 5.51. The number of nitrogens with zero attached hydrogens (tertiary/aromatic N) is 2. The first kappa shape index (κ1) is 20.0. The van der Waals surface area contributed by atoms with Crippen LogP contribution in [0.3, 0.4) is 0 Å². The van der Waals surface area contributed by atoms with Gasteiger partial charge >= 0.3 is 0 Å². The molecule has 0 aliphatic heterocycles. The van der Waals surface area contributed by atoms with Crippen molar-refractivity contribution in [3.63, 3.8) is 0 Å². The predicted molar refractivity (Wildman–Crippen MR) is 98.4 cm³/mol. The van der Waals surface area contributed by atoms with Crippen molar-refractivity contribution >= 4 is 11.9 Å². The van der Waals surface area contributed by atoms with Crippen LogP contribution in [0, 0.1) is 0 Å². The van der Waals surface area contributed by atoms with E-state index in [2.05, 4.69) is 22.5 Å². The largest absolute Gasteiger partial charge is 0.380 e. The average molecular weight is 334 g/mol. The summed E-state index contributed by atoms with van der Waals surface area (Å²) in [5.41, 5.74) is 1.78. The second kappa shape index (κ2) is 11.5. The second-order valence-electron chi connectivity index (χ2n) is 5.71. The van der Waals surface area contributed by atoms with E-state index in [9.17, 15) is 4.79 Å². The monoisotopic (exact) mass is 334 g/mol. The fraction of sp³-hybridized carbons (Fsp3) is 0.556. The third-order valence-corrected chi connectivity index (χ3v) is 3.47. The highest BCUT2D eigenvalue weighted by molar-refractivity contribution is 5.93. The minimum Gasteiger partial charge on any atom is -0.380 e. The van der Waals surface area contributed by atoms with Crippen LogP contribution in [0.4, 0.5) is 0 Å². The van der Waals surface area contributed by atoms with Crippen molar-refractivity contribution in [3.8, 4) is 0 Å². The number of carbonyl (C=O) groups excluding carboxylic acids is 1. The van der Waals surface area contributed by atoms with Crippen LogP contribution in [0.15, 0.2) is 29.3 Å². The first-order valence-corrected chi connectivity index (χ1v) is 8.41. The normalized spacial score (nSPS) is 11.2. The molecule has 6 heteroatoms. The molecule has 0 heterocycles. The minimum atomic E-state index is 0.00931. The zero-order valence-corrected chi connectivity index (χ0v) is 15.3. The van der Waals surface area contributed by atoms with E-state index < -0.39 is 0 Å². The maximum Gasteiger partial charge on any atom is 0.253 e. The molecule has 0 unspecified atom stereocenters. The van der Waals surface area contributed by atoms with E-state index >= 15 is 0 Å². The molecule has 2 N–H and O–H groups in total. The second-order valence-corrected chi connectivity index (χ2v) is 5.71. The van der Waals surface area contributed by atoms with Gasteiger partial charge in [-0.05, 0) is 24.1 Å². The molecule has 1 rings (SSSR count). The molecule has 0 bridgehead atoms. The van der Waals surface area contributed by atoms with Crippen molar-refractivity contribution in [1.82, 2.24) is 15.5 Å². The molecule has 6 nitrogen and oxygen atoms in total. The van der Waals surface area contributed by atoms with Gasteiger partial charge in [0.15, 0.2) is 5.96 Å². The van der Waals surface area contributed by atoms with Crippen molar-refractivity contribution < 1.29 is 9.53 Å². The first-order valence-electron chi connectivity index (χ1n) is 8.41. The zero-order valence-electron chi connectivity index (χ0n) is 15.3. The van der Waals surface area contributed by atoms with Crippen molar-refractivity contribution in [2.75, 3.05) is 40.9 Å². The Morgan fingerprint density at radius 3 is 2.46 bits per heavy atom. The van der Waals surface area contributed by atoms with Crippen LogP contribution < -0.4 is 10.6 Å². The SMILES string of the molecule is CCCCOCCNC(=NC)NCc1ccc(C(=O)N(C)C)cc1. The topological polar surface area (TPSA) is 66.0 Å². The highest BCUT2D eigenvalue weighted by atomic mass is 16.5. The Morgan fingerprint density at radius 2 is 1.88 bits per heavy atom. The standard InChI is InChI=1S/C18H30N4O2/c1-5-6-12-24-13-11-20-18(19-2)21-14-15-7-9-16(10-8-15)17(23)22(3)4/h7-10H,5-6,11-14H2,1-4H3,(H2,19,20,21). The molecule has 1 amide bonds. The molecule has 0 atom stereocenters. The van der Waals surface area contributed by atoms with Crippen LogP contribution in [0.5, 0.6) is 0 Å². The van der Waals surface area contributed by atoms with Crippen molar-refractivity contribution in [2.45, 2.75) is 26.3 Å². The van der Waals surface area contributed by atoms with Gasteiger partial charge in [0.25, 0.3) is 5.91 Å². The molecule has 0 saturated heterocycles. The molecule has 1 aromatic rings. The van der Waals surface area contributed by atoms with E-state index in [0.717, 1.165) is 37.5 Å². The van der Waals surface area contributed by atoms with Crippen molar-refractivity contribution in [3.05, 3.63) is 35.4 Å². The third-order valence-electron chi connectivity index (χ3n) is 3.47. The molecule has 134 valence electrons. The minimum absolute atomic E-state index is 0.00931. The molecule has 0 saturated carbocycles. The van der Waals surface area contributed by atoms with Crippen LogP contribution in [-0.2, 0) is 11.3 Å². The zero-order chi connectivity index (χ0) is 17.8. The number of nitrogens with one attached hydrogen (secondary N) is 2. The summed E-state index contributed by atoms with van der Waals surface area (Å²) in [5, 5.41) is 6.46. The number of unbranched alkanes of at least 4 members (excludes halogenated alkanes) is 1. The number of rotatable bonds is 9. The number of ether oxygens (including phenoxy) is 1. The summed E-state index contributed by atoms with van der Waals surface area (Å²) in [7, 11) is 5.24. The Balaban J connectivity index is 2.34. The number of aliphatic imine (C=N–C) groups is 1. The van der Waals surface area contributed by atoms with Gasteiger partial charge in [0.2, 0.25) is 0 Å². The quantitative estimate of drug-likeness (QED) is 0.411. The summed E-state index contributed by atoms with van der Waals surface area (Å²) in [5.74, 6) is 0.748. The average Bonchev–Trinajstić information content (AvgIpc) is 2.60. The maximum atomic E-state index is 11.9. The lowest BCUT2D eigenvalue weighted by atomic mass is 10.1. The summed E-state index contributed by atoms with van der Waals surface area (Å²) in [6, 6.07) is 7.59. The van der Waals surface area contributed by atoms with Crippen LogP contribution in [0.25, 0.3) is 0 Å². The Hall–Kier alpha value is -2.08. The lowest BCUT2D eigenvalue weighted by molar-refractivity contribution is 0.0827. The van der Waals surface area contributed by atoms with E-state index in [1.165, 1.54) is 0 Å². The maximum absolute atomic E-state index is 11.9. The van der Waals surface area contributed by atoms with Gasteiger partial charge in [-0.1, -0.05) is 25.5 Å². The Kier molecular flexibility index (Phi) is 9.53. The van der Waals surface area contributed by atoms with Gasteiger partial charge in [-0.2, -0.15) is 0 Å². The summed E-state index contributed by atoms with van der Waals surface area (Å²) >= 11 is 0. The lowest BCUT2D eigenvalue weighted by Crippen LogP contribution is -2.38. The molecule has 0 aliphatic carbocycles. The van der Waals surface area contributed by atoms with Crippen molar-refractivity contribution in [1.29, 1.82) is 0 Å². The van der Waals surface area contributed by atoms with Crippen molar-refractivity contribution in [2.24, 2.45) is 4.99 Å². The highest BCUT2D eigenvalue weighted by Crippen LogP contribution is 2.06. The van der Waals surface area contributed by atoms with Gasteiger partial charge in [0.05, 0.1) is 6.61 Å². The molecule has 0 aromatic heterocycles. The van der Waals surface area contributed by atoms with Gasteiger partial charge in [0.1, 0.15) is 0 Å². The molecule has 0 fully saturated rings. The highest BCUT2D eigenvalue weighted by Gasteiger charge is 2.07. The number of amides is 1. The summed E-state index contributed by atoms with van der Waals surface area (Å²) in [6.45, 7) is 4.99. The van der Waals surface area contributed by atoms with Crippen LogP contribution in [0.1, 0.15) is 35.7 Å². The van der Waals surface area contributed by atoms with E-state index in [1.54, 1.807) is 26.0 Å². The molecule has 24 heavy (non-hydrogen) atoms.